The third kappa shape index (κ3) is 5.49. The third-order valence-electron chi connectivity index (χ3n) is 6.10. The summed E-state index contributed by atoms with van der Waals surface area (Å²) in [6.07, 6.45) is 4.10. The Hall–Kier alpha value is -3.11. The first-order valence-electron chi connectivity index (χ1n) is 11.6. The van der Waals surface area contributed by atoms with Gasteiger partial charge in [0.25, 0.3) is 5.56 Å². The second-order valence-corrected chi connectivity index (χ2v) is 10.4. The summed E-state index contributed by atoms with van der Waals surface area (Å²) in [5.41, 5.74) is 2.24. The zero-order valence-corrected chi connectivity index (χ0v) is 22.4. The van der Waals surface area contributed by atoms with E-state index in [2.05, 4.69) is 36.2 Å². The van der Waals surface area contributed by atoms with E-state index < -0.39 is 11.5 Å². The van der Waals surface area contributed by atoms with Crippen LogP contribution in [0.1, 0.15) is 67.7 Å². The molecule has 190 valence electrons. The Morgan fingerprint density at radius 3 is 2.69 bits per heavy atom. The van der Waals surface area contributed by atoms with Crippen LogP contribution in [0.25, 0.3) is 0 Å². The van der Waals surface area contributed by atoms with Crippen molar-refractivity contribution in [3.63, 3.8) is 0 Å². The van der Waals surface area contributed by atoms with Crippen molar-refractivity contribution in [3.05, 3.63) is 91.5 Å². The maximum atomic E-state index is 13.6. The maximum Gasteiger partial charge on any atom is 0.269 e. The van der Waals surface area contributed by atoms with E-state index in [1.807, 2.05) is 26.1 Å². The van der Waals surface area contributed by atoms with Crippen LogP contribution in [-0.4, -0.2) is 24.6 Å². The van der Waals surface area contributed by atoms with Gasteiger partial charge in [0.2, 0.25) is 5.95 Å². The smallest absolute Gasteiger partial charge is 0.269 e. The molecule has 8 nitrogen and oxygen atoms in total. The fourth-order valence-electron chi connectivity index (χ4n) is 4.29. The third-order valence-corrected chi connectivity index (χ3v) is 6.83. The van der Waals surface area contributed by atoms with E-state index in [-0.39, 0.29) is 28.7 Å². The number of hydrogen-bond donors (Lipinski definition) is 2. The van der Waals surface area contributed by atoms with Gasteiger partial charge in [-0.05, 0) is 92.5 Å². The van der Waals surface area contributed by atoms with Gasteiger partial charge < -0.3 is 19.7 Å². The number of hydrogen-bond acceptors (Lipinski definition) is 7. The fourth-order valence-corrected chi connectivity index (χ4v) is 4.71. The van der Waals surface area contributed by atoms with E-state index in [9.17, 15) is 14.3 Å². The number of aromatic nitrogens is 4. The van der Waals surface area contributed by atoms with E-state index in [0.29, 0.717) is 23.7 Å². The zero-order chi connectivity index (χ0) is 26.2. The molecular formula is C26H29BrFN5O3. The summed E-state index contributed by atoms with van der Waals surface area (Å²) in [6, 6.07) is 6.29. The molecule has 0 unspecified atom stereocenters. The SMILES string of the molecule is CC1=CN[C@@H](c2ccnc(C(C)(C)O)n2)C[C@H]1n1c(C)cc(OCc2cc(C)cc(F)n2)c(Br)c1=O. The summed E-state index contributed by atoms with van der Waals surface area (Å²) < 4.78 is 21.5. The summed E-state index contributed by atoms with van der Waals surface area (Å²) in [6.45, 7) is 8.92. The minimum absolute atomic E-state index is 0.0334. The lowest BCUT2D eigenvalue weighted by molar-refractivity contribution is 0.0682. The van der Waals surface area contributed by atoms with Crippen molar-refractivity contribution in [1.82, 2.24) is 24.8 Å². The Bertz CT molecular complexity index is 1360. The highest BCUT2D eigenvalue weighted by molar-refractivity contribution is 9.10. The first-order chi connectivity index (χ1) is 16.9. The summed E-state index contributed by atoms with van der Waals surface area (Å²) in [7, 11) is 0. The number of halogens is 2. The minimum Gasteiger partial charge on any atom is -0.486 e. The van der Waals surface area contributed by atoms with Crippen molar-refractivity contribution < 1.29 is 14.2 Å². The summed E-state index contributed by atoms with van der Waals surface area (Å²) in [5.74, 6) is 0.140. The zero-order valence-electron chi connectivity index (χ0n) is 20.8. The van der Waals surface area contributed by atoms with Crippen molar-refractivity contribution in [2.75, 3.05) is 0 Å². The summed E-state index contributed by atoms with van der Waals surface area (Å²) >= 11 is 3.41. The van der Waals surface area contributed by atoms with Gasteiger partial charge in [0, 0.05) is 18.0 Å². The predicted octanol–water partition coefficient (Wildman–Crippen LogP) is 4.54. The van der Waals surface area contributed by atoms with Gasteiger partial charge in [-0.25, -0.2) is 15.0 Å². The highest BCUT2D eigenvalue weighted by Crippen LogP contribution is 2.34. The predicted molar refractivity (Wildman–Crippen MR) is 137 cm³/mol. The molecule has 10 heteroatoms. The number of nitrogens with one attached hydrogen (secondary N) is 1. The molecule has 36 heavy (non-hydrogen) atoms. The molecule has 4 rings (SSSR count). The van der Waals surface area contributed by atoms with Gasteiger partial charge >= 0.3 is 0 Å². The van der Waals surface area contributed by atoms with E-state index in [4.69, 9.17) is 4.74 Å². The van der Waals surface area contributed by atoms with Crippen LogP contribution >= 0.6 is 15.9 Å². The minimum atomic E-state index is -1.16. The molecule has 2 atom stereocenters. The molecule has 4 heterocycles. The average Bonchev–Trinajstić information content (AvgIpc) is 2.80. The Balaban J connectivity index is 1.61. The Morgan fingerprint density at radius 1 is 1.25 bits per heavy atom. The molecule has 0 radical (unpaired) electrons. The molecule has 0 bridgehead atoms. The Kier molecular flexibility index (Phi) is 7.28. The van der Waals surface area contributed by atoms with Crippen LogP contribution in [0.15, 0.2) is 51.5 Å². The van der Waals surface area contributed by atoms with E-state index >= 15 is 0 Å². The molecule has 3 aromatic rings. The van der Waals surface area contributed by atoms with E-state index in [1.54, 1.807) is 43.7 Å². The number of pyridine rings is 2. The van der Waals surface area contributed by atoms with Crippen LogP contribution in [0.3, 0.4) is 0 Å². The molecule has 0 saturated carbocycles. The van der Waals surface area contributed by atoms with Gasteiger partial charge in [0.05, 0.1) is 23.5 Å². The van der Waals surface area contributed by atoms with Crippen LogP contribution in [0.2, 0.25) is 0 Å². The number of allylic oxidation sites excluding steroid dienone is 1. The quantitative estimate of drug-likeness (QED) is 0.429. The Labute approximate surface area is 217 Å². The van der Waals surface area contributed by atoms with Crippen LogP contribution in [0, 0.1) is 19.8 Å². The van der Waals surface area contributed by atoms with Crippen LogP contribution < -0.4 is 15.6 Å². The molecule has 1 aliphatic rings. The van der Waals surface area contributed by atoms with Gasteiger partial charge in [-0.3, -0.25) is 4.79 Å². The second-order valence-electron chi connectivity index (χ2n) is 9.61. The molecule has 0 amide bonds. The number of rotatable bonds is 6. The molecular weight excluding hydrogens is 529 g/mol. The Morgan fingerprint density at radius 2 is 2.00 bits per heavy atom. The van der Waals surface area contributed by atoms with Crippen molar-refractivity contribution in [3.8, 4) is 5.75 Å². The normalized spacial score (nSPS) is 17.9. The van der Waals surface area contributed by atoms with E-state index in [1.165, 1.54) is 6.07 Å². The van der Waals surface area contributed by atoms with Gasteiger partial charge in [-0.1, -0.05) is 0 Å². The summed E-state index contributed by atoms with van der Waals surface area (Å²) in [4.78, 5) is 26.1. The van der Waals surface area contributed by atoms with Gasteiger partial charge in [-0.2, -0.15) is 4.39 Å². The summed E-state index contributed by atoms with van der Waals surface area (Å²) in [5, 5.41) is 13.7. The largest absolute Gasteiger partial charge is 0.486 e. The number of aliphatic hydroxyl groups is 1. The molecule has 2 N–H and O–H groups in total. The van der Waals surface area contributed by atoms with Crippen LogP contribution in [-0.2, 0) is 12.2 Å². The second kappa shape index (κ2) is 10.1. The highest BCUT2D eigenvalue weighted by Gasteiger charge is 2.29. The number of aryl methyl sites for hydroxylation is 2. The molecule has 0 saturated heterocycles. The number of nitrogens with zero attached hydrogens (tertiary/aromatic N) is 4. The molecule has 3 aromatic heterocycles. The number of ether oxygens (including phenoxy) is 1. The first-order valence-corrected chi connectivity index (χ1v) is 12.4. The van der Waals surface area contributed by atoms with Crippen molar-refractivity contribution >= 4 is 15.9 Å². The molecule has 0 aromatic carbocycles. The maximum absolute atomic E-state index is 13.6. The van der Waals surface area contributed by atoms with Gasteiger partial charge in [-0.15, -0.1) is 0 Å². The first kappa shape index (κ1) is 26.0. The van der Waals surface area contributed by atoms with Crippen molar-refractivity contribution in [2.45, 2.75) is 65.3 Å². The standard InChI is InChI=1S/C26H29BrFN5O3/c1-14-8-17(31-22(28)9-14)13-36-21-10-16(3)33(24(34)23(21)27)20-11-19(30-12-15(20)2)18-6-7-29-25(32-18)26(4,5)35/h6-10,12,19-20,30,35H,11,13H2,1-5H3/t19-,20-/m1/s1. The highest BCUT2D eigenvalue weighted by atomic mass is 79.9. The lowest BCUT2D eigenvalue weighted by Gasteiger charge is -2.32. The fraction of sp³-hybridized carbons (Fsp3) is 0.385. The van der Waals surface area contributed by atoms with Crippen molar-refractivity contribution in [2.24, 2.45) is 0 Å². The average molecular weight is 558 g/mol. The van der Waals surface area contributed by atoms with Gasteiger partial charge in [0.1, 0.15) is 22.4 Å². The topological polar surface area (TPSA) is 102 Å². The lowest BCUT2D eigenvalue weighted by atomic mass is 9.94. The molecule has 0 spiro atoms. The van der Waals surface area contributed by atoms with Crippen LogP contribution in [0.5, 0.6) is 5.75 Å². The monoisotopic (exact) mass is 557 g/mol. The van der Waals surface area contributed by atoms with Crippen LogP contribution in [0.4, 0.5) is 4.39 Å². The molecule has 0 aliphatic carbocycles. The lowest BCUT2D eigenvalue weighted by Crippen LogP contribution is -2.35. The molecule has 0 fully saturated rings. The van der Waals surface area contributed by atoms with Gasteiger partial charge in [0.15, 0.2) is 5.82 Å². The van der Waals surface area contributed by atoms with E-state index in [0.717, 1.165) is 22.5 Å². The van der Waals surface area contributed by atoms with Crippen molar-refractivity contribution in [1.29, 1.82) is 0 Å². The molecule has 1 aliphatic heterocycles.